The molecule has 1 aromatic heterocycles. The zero-order valence-electron chi connectivity index (χ0n) is 13.0. The van der Waals surface area contributed by atoms with Crippen molar-refractivity contribution in [2.75, 3.05) is 23.7 Å². The molecular formula is C17H21BrN2OS. The molecular weight excluding hydrogens is 360 g/mol. The van der Waals surface area contributed by atoms with Crippen LogP contribution in [0.15, 0.2) is 34.9 Å². The molecule has 1 saturated heterocycles. The average Bonchev–Trinajstić information content (AvgIpc) is 2.56. The van der Waals surface area contributed by atoms with Crippen LogP contribution in [0, 0.1) is 0 Å². The molecule has 1 fully saturated rings. The zero-order chi connectivity index (χ0) is 15.7. The van der Waals surface area contributed by atoms with Gasteiger partial charge < -0.3 is 4.90 Å². The molecule has 118 valence electrons. The molecule has 1 atom stereocenters. The van der Waals surface area contributed by atoms with E-state index in [-0.39, 0.29) is 4.75 Å². The molecule has 2 heterocycles. The van der Waals surface area contributed by atoms with Crippen LogP contribution in [0.5, 0.6) is 0 Å². The number of hydrogen-bond acceptors (Lipinski definition) is 3. The highest BCUT2D eigenvalue weighted by atomic mass is 79.9. The highest BCUT2D eigenvalue weighted by Crippen LogP contribution is 2.35. The Labute approximate surface area is 142 Å². The second-order valence-electron chi connectivity index (χ2n) is 5.83. The zero-order valence-corrected chi connectivity index (χ0v) is 15.4. The molecule has 0 bridgehead atoms. The average molecular weight is 381 g/mol. The van der Waals surface area contributed by atoms with Gasteiger partial charge in [0, 0.05) is 51.4 Å². The molecule has 0 N–H and O–H groups in total. The quantitative estimate of drug-likeness (QED) is 0.802. The molecule has 22 heavy (non-hydrogen) atoms. The van der Waals surface area contributed by atoms with Gasteiger partial charge in [-0.1, -0.05) is 26.0 Å². The van der Waals surface area contributed by atoms with Crippen LogP contribution in [0.1, 0.15) is 26.7 Å². The lowest BCUT2D eigenvalue weighted by molar-refractivity contribution is 0.496. The van der Waals surface area contributed by atoms with Gasteiger partial charge in [-0.15, -0.1) is 0 Å². The lowest BCUT2D eigenvalue weighted by atomic mass is 10.0. The smallest absolute Gasteiger partial charge is 0.0864 e. The molecule has 1 aliphatic rings. The van der Waals surface area contributed by atoms with E-state index in [0.29, 0.717) is 0 Å². The van der Waals surface area contributed by atoms with Crippen molar-refractivity contribution in [2.45, 2.75) is 31.4 Å². The van der Waals surface area contributed by atoms with E-state index in [9.17, 15) is 4.21 Å². The van der Waals surface area contributed by atoms with E-state index in [1.165, 1.54) is 5.69 Å². The Morgan fingerprint density at radius 1 is 1.32 bits per heavy atom. The molecule has 0 amide bonds. The number of aromatic nitrogens is 1. The van der Waals surface area contributed by atoms with Gasteiger partial charge >= 0.3 is 0 Å². The van der Waals surface area contributed by atoms with Gasteiger partial charge in [-0.3, -0.25) is 9.19 Å². The van der Waals surface area contributed by atoms with Gasteiger partial charge in [-0.05, 0) is 40.9 Å². The van der Waals surface area contributed by atoms with Crippen molar-refractivity contribution in [1.29, 1.82) is 0 Å². The monoisotopic (exact) mass is 380 g/mol. The van der Waals surface area contributed by atoms with E-state index in [4.69, 9.17) is 0 Å². The van der Waals surface area contributed by atoms with E-state index in [1.54, 1.807) is 0 Å². The molecule has 5 heteroatoms. The van der Waals surface area contributed by atoms with E-state index >= 15 is 0 Å². The van der Waals surface area contributed by atoms with Crippen LogP contribution < -0.4 is 4.90 Å². The summed E-state index contributed by atoms with van der Waals surface area (Å²) in [6.45, 7) is 6.02. The number of benzene rings is 1. The number of halogens is 1. The first kappa shape index (κ1) is 15.9. The largest absolute Gasteiger partial charge is 0.369 e. The fraction of sp³-hybridized carbons (Fsp3) is 0.471. The molecule has 3 rings (SSSR count). The summed E-state index contributed by atoms with van der Waals surface area (Å²) in [4.78, 5) is 6.89. The first-order valence-electron chi connectivity index (χ1n) is 7.78. The Kier molecular flexibility index (Phi) is 4.55. The second kappa shape index (κ2) is 6.28. The van der Waals surface area contributed by atoms with E-state index in [1.807, 2.05) is 18.3 Å². The molecule has 0 aliphatic carbocycles. The van der Waals surface area contributed by atoms with E-state index in [0.717, 1.165) is 47.1 Å². The van der Waals surface area contributed by atoms with Gasteiger partial charge in [0.25, 0.3) is 0 Å². The van der Waals surface area contributed by atoms with Crippen LogP contribution in [-0.4, -0.2) is 32.8 Å². The summed E-state index contributed by atoms with van der Waals surface area (Å²) in [6, 6.07) is 8.27. The van der Waals surface area contributed by atoms with Crippen LogP contribution >= 0.6 is 15.9 Å². The van der Waals surface area contributed by atoms with E-state index < -0.39 is 10.8 Å². The maximum absolute atomic E-state index is 12.5. The Hall–Kier alpha value is -0.940. The lowest BCUT2D eigenvalue weighted by Crippen LogP contribution is -2.53. The Morgan fingerprint density at radius 2 is 2.09 bits per heavy atom. The predicted octanol–water partition coefficient (Wildman–Crippen LogP) is 4.12. The third-order valence-electron chi connectivity index (χ3n) is 4.84. The van der Waals surface area contributed by atoms with Crippen LogP contribution in [0.2, 0.25) is 0 Å². The Balaban J connectivity index is 2.05. The second-order valence-corrected chi connectivity index (χ2v) is 8.65. The number of hydrogen-bond donors (Lipinski definition) is 0. The van der Waals surface area contributed by atoms with Gasteiger partial charge in [0.2, 0.25) is 0 Å². The van der Waals surface area contributed by atoms with Gasteiger partial charge in [0.05, 0.1) is 10.3 Å². The van der Waals surface area contributed by atoms with Crippen molar-refractivity contribution in [3.63, 3.8) is 0 Å². The molecule has 0 radical (unpaired) electrons. The van der Waals surface area contributed by atoms with Gasteiger partial charge in [-0.2, -0.15) is 0 Å². The topological polar surface area (TPSA) is 33.2 Å². The summed E-state index contributed by atoms with van der Waals surface area (Å²) in [5, 5.41) is 1.16. The maximum Gasteiger partial charge on any atom is 0.0864 e. The summed E-state index contributed by atoms with van der Waals surface area (Å²) >= 11 is 3.58. The van der Waals surface area contributed by atoms with Gasteiger partial charge in [0.15, 0.2) is 0 Å². The fourth-order valence-electron chi connectivity index (χ4n) is 3.31. The third-order valence-corrected chi connectivity index (χ3v) is 7.70. The molecule has 0 saturated carbocycles. The lowest BCUT2D eigenvalue weighted by Gasteiger charge is -2.42. The molecule has 1 aliphatic heterocycles. The van der Waals surface area contributed by atoms with Gasteiger partial charge in [-0.25, -0.2) is 0 Å². The highest BCUT2D eigenvalue weighted by molar-refractivity contribution is 9.10. The fourth-order valence-corrected chi connectivity index (χ4v) is 5.54. The predicted molar refractivity (Wildman–Crippen MR) is 98.0 cm³/mol. The molecule has 2 aromatic rings. The number of anilines is 1. The Morgan fingerprint density at radius 3 is 2.82 bits per heavy atom. The first-order chi connectivity index (χ1) is 10.6. The summed E-state index contributed by atoms with van der Waals surface area (Å²) in [6.07, 6.45) is 3.78. The first-order valence-corrected chi connectivity index (χ1v) is 9.89. The summed E-state index contributed by atoms with van der Waals surface area (Å²) < 4.78 is 13.5. The van der Waals surface area contributed by atoms with Crippen LogP contribution in [-0.2, 0) is 10.8 Å². The summed E-state index contributed by atoms with van der Waals surface area (Å²) in [5.74, 6) is 0.750. The maximum atomic E-state index is 12.5. The van der Waals surface area contributed by atoms with Crippen molar-refractivity contribution < 1.29 is 4.21 Å². The number of fused-ring (bicyclic) bond motifs is 1. The highest BCUT2D eigenvalue weighted by Gasteiger charge is 2.39. The van der Waals surface area contributed by atoms with Crippen LogP contribution in [0.3, 0.4) is 0 Å². The number of para-hydroxylation sites is 1. The summed E-state index contributed by atoms with van der Waals surface area (Å²) in [7, 11) is -0.736. The minimum Gasteiger partial charge on any atom is -0.369 e. The van der Waals surface area contributed by atoms with E-state index in [2.05, 4.69) is 51.8 Å². The van der Waals surface area contributed by atoms with Crippen molar-refractivity contribution in [3.8, 4) is 0 Å². The van der Waals surface area contributed by atoms with Crippen molar-refractivity contribution in [1.82, 2.24) is 4.98 Å². The van der Waals surface area contributed by atoms with Crippen LogP contribution in [0.4, 0.5) is 5.69 Å². The van der Waals surface area contributed by atoms with Gasteiger partial charge in [0.1, 0.15) is 0 Å². The SMILES string of the molecule is CCC1(CC)CN(c2ccnc3c(Br)cccc23)CCS1=O. The number of nitrogens with zero attached hydrogens (tertiary/aromatic N) is 2. The van der Waals surface area contributed by atoms with Crippen molar-refractivity contribution in [3.05, 3.63) is 34.9 Å². The minimum atomic E-state index is -0.736. The molecule has 0 spiro atoms. The molecule has 1 unspecified atom stereocenters. The number of rotatable bonds is 3. The normalized spacial score (nSPS) is 21.2. The molecule has 3 nitrogen and oxygen atoms in total. The van der Waals surface area contributed by atoms with Crippen molar-refractivity contribution in [2.24, 2.45) is 0 Å². The summed E-state index contributed by atoms with van der Waals surface area (Å²) in [5.41, 5.74) is 2.19. The molecule has 1 aromatic carbocycles. The number of pyridine rings is 1. The minimum absolute atomic E-state index is 0.0835. The Bertz CT molecular complexity index is 715. The third kappa shape index (κ3) is 2.58. The van der Waals surface area contributed by atoms with Crippen LogP contribution in [0.25, 0.3) is 10.9 Å². The van der Waals surface area contributed by atoms with Crippen molar-refractivity contribution >= 4 is 43.3 Å². The standard InChI is InChI=1S/C17H21BrN2OS/c1-3-17(4-2)12-20(10-11-22(17)21)15-8-9-19-16-13(15)6-5-7-14(16)18/h5-9H,3-4,10-12H2,1-2H3.